The van der Waals surface area contributed by atoms with Gasteiger partial charge in [-0.05, 0) is 30.3 Å². The highest BCUT2D eigenvalue weighted by Gasteiger charge is 2.16. The molecule has 0 amide bonds. The van der Waals surface area contributed by atoms with E-state index in [0.29, 0.717) is 11.1 Å². The topological polar surface area (TPSA) is 58.4 Å². The van der Waals surface area contributed by atoms with Gasteiger partial charge in [0.2, 0.25) is 0 Å². The molecule has 1 aliphatic heterocycles. The maximum absolute atomic E-state index is 13.0. The van der Waals surface area contributed by atoms with Crippen LogP contribution in [0.5, 0.6) is 0 Å². The van der Waals surface area contributed by atoms with Gasteiger partial charge in [-0.1, -0.05) is 11.8 Å². The predicted octanol–water partition coefficient (Wildman–Crippen LogP) is 2.54. The van der Waals surface area contributed by atoms with Crippen LogP contribution in [0.15, 0.2) is 42.5 Å². The standard InChI is InChI=1S/C18H16FN3O2/c19-16-5-2-14(3-6-16)1-4-15-13-17(22(23)24)7-8-18(15)21-11-9-20-10-12-21/h2-3,5-8,13,20H,9-12H2. The molecule has 0 atom stereocenters. The number of anilines is 1. The minimum atomic E-state index is -0.426. The van der Waals surface area contributed by atoms with Crippen LogP contribution in [0.1, 0.15) is 11.1 Å². The molecular weight excluding hydrogens is 309 g/mol. The molecular formula is C18H16FN3O2. The van der Waals surface area contributed by atoms with Crippen LogP contribution in [0.2, 0.25) is 0 Å². The van der Waals surface area contributed by atoms with Crippen LogP contribution in [-0.4, -0.2) is 31.1 Å². The fourth-order valence-electron chi connectivity index (χ4n) is 2.59. The number of halogens is 1. The molecule has 1 saturated heterocycles. The Labute approximate surface area is 139 Å². The highest BCUT2D eigenvalue weighted by Crippen LogP contribution is 2.25. The fourth-order valence-corrected chi connectivity index (χ4v) is 2.59. The number of nitro benzene ring substituents is 1. The van der Waals surface area contributed by atoms with Crippen molar-refractivity contribution in [3.05, 3.63) is 69.5 Å². The number of benzene rings is 2. The van der Waals surface area contributed by atoms with Crippen molar-refractivity contribution in [3.63, 3.8) is 0 Å². The number of nitrogens with zero attached hydrogens (tertiary/aromatic N) is 2. The average Bonchev–Trinajstić information content (AvgIpc) is 2.61. The first-order valence-electron chi connectivity index (χ1n) is 7.65. The molecule has 1 aliphatic rings. The SMILES string of the molecule is O=[N+]([O-])c1ccc(N2CCNCC2)c(C#Cc2ccc(F)cc2)c1. The lowest BCUT2D eigenvalue weighted by Gasteiger charge is -2.30. The zero-order valence-corrected chi connectivity index (χ0v) is 13.0. The van der Waals surface area contributed by atoms with E-state index in [1.807, 2.05) is 0 Å². The molecule has 1 heterocycles. The minimum Gasteiger partial charge on any atom is -0.368 e. The quantitative estimate of drug-likeness (QED) is 0.524. The van der Waals surface area contributed by atoms with E-state index in [9.17, 15) is 14.5 Å². The molecule has 24 heavy (non-hydrogen) atoms. The molecule has 0 spiro atoms. The van der Waals surface area contributed by atoms with E-state index < -0.39 is 4.92 Å². The predicted molar refractivity (Wildman–Crippen MR) is 90.6 cm³/mol. The molecule has 0 saturated carbocycles. The summed E-state index contributed by atoms with van der Waals surface area (Å²) in [6, 6.07) is 10.6. The van der Waals surface area contributed by atoms with Crippen LogP contribution in [0.4, 0.5) is 15.8 Å². The van der Waals surface area contributed by atoms with E-state index in [1.165, 1.54) is 24.3 Å². The normalized spacial score (nSPS) is 14.0. The van der Waals surface area contributed by atoms with Crippen molar-refractivity contribution in [2.45, 2.75) is 0 Å². The number of nitrogens with one attached hydrogen (secondary N) is 1. The summed E-state index contributed by atoms with van der Waals surface area (Å²) < 4.78 is 13.0. The Morgan fingerprint density at radius 1 is 1.08 bits per heavy atom. The fraction of sp³-hybridized carbons (Fsp3) is 0.222. The maximum atomic E-state index is 13.0. The summed E-state index contributed by atoms with van der Waals surface area (Å²) in [4.78, 5) is 12.8. The molecule has 122 valence electrons. The number of rotatable bonds is 2. The summed E-state index contributed by atoms with van der Waals surface area (Å²) in [5.74, 6) is 5.63. The molecule has 6 heteroatoms. The van der Waals surface area contributed by atoms with E-state index >= 15 is 0 Å². The summed E-state index contributed by atoms with van der Waals surface area (Å²) >= 11 is 0. The molecule has 0 aliphatic carbocycles. The van der Waals surface area contributed by atoms with Crippen LogP contribution in [0.25, 0.3) is 0 Å². The second-order valence-corrected chi connectivity index (χ2v) is 5.45. The van der Waals surface area contributed by atoms with Crippen molar-refractivity contribution in [1.82, 2.24) is 5.32 Å². The van der Waals surface area contributed by atoms with Gasteiger partial charge in [0.15, 0.2) is 0 Å². The third kappa shape index (κ3) is 3.70. The smallest absolute Gasteiger partial charge is 0.270 e. The van der Waals surface area contributed by atoms with Gasteiger partial charge >= 0.3 is 0 Å². The van der Waals surface area contributed by atoms with Gasteiger partial charge in [-0.15, -0.1) is 0 Å². The van der Waals surface area contributed by atoms with Crippen LogP contribution >= 0.6 is 0 Å². The summed E-state index contributed by atoms with van der Waals surface area (Å²) in [6.07, 6.45) is 0. The Kier molecular flexibility index (Phi) is 4.73. The molecule has 0 bridgehead atoms. The second-order valence-electron chi connectivity index (χ2n) is 5.45. The van der Waals surface area contributed by atoms with E-state index in [1.54, 1.807) is 18.2 Å². The van der Waals surface area contributed by atoms with Crippen molar-refractivity contribution in [2.75, 3.05) is 31.1 Å². The van der Waals surface area contributed by atoms with Gasteiger partial charge in [0.1, 0.15) is 5.82 Å². The van der Waals surface area contributed by atoms with Gasteiger partial charge < -0.3 is 10.2 Å². The van der Waals surface area contributed by atoms with Gasteiger partial charge in [-0.25, -0.2) is 4.39 Å². The number of piperazine rings is 1. The maximum Gasteiger partial charge on any atom is 0.270 e. The van der Waals surface area contributed by atoms with Crippen LogP contribution in [-0.2, 0) is 0 Å². The van der Waals surface area contributed by atoms with Gasteiger partial charge in [-0.2, -0.15) is 0 Å². The Hall–Kier alpha value is -2.91. The molecule has 2 aromatic carbocycles. The van der Waals surface area contributed by atoms with Gasteiger partial charge in [0.25, 0.3) is 5.69 Å². The molecule has 1 N–H and O–H groups in total. The minimum absolute atomic E-state index is 0.0114. The van der Waals surface area contributed by atoms with Crippen LogP contribution in [0.3, 0.4) is 0 Å². The van der Waals surface area contributed by atoms with E-state index in [0.717, 1.165) is 31.9 Å². The number of hydrogen-bond donors (Lipinski definition) is 1. The Morgan fingerprint density at radius 3 is 2.46 bits per heavy atom. The van der Waals surface area contributed by atoms with Gasteiger partial charge in [0.05, 0.1) is 16.2 Å². The second kappa shape index (κ2) is 7.11. The molecule has 5 nitrogen and oxygen atoms in total. The summed E-state index contributed by atoms with van der Waals surface area (Å²) in [5.41, 5.74) is 2.17. The number of hydrogen-bond acceptors (Lipinski definition) is 4. The van der Waals surface area contributed by atoms with Crippen molar-refractivity contribution in [1.29, 1.82) is 0 Å². The summed E-state index contributed by atoms with van der Waals surface area (Å²) in [5, 5.41) is 14.3. The molecule has 2 aromatic rings. The number of nitro groups is 1. The van der Waals surface area contributed by atoms with E-state index in [2.05, 4.69) is 22.1 Å². The van der Waals surface area contributed by atoms with Gasteiger partial charge in [0, 0.05) is 43.9 Å². The molecule has 0 aromatic heterocycles. The first-order valence-corrected chi connectivity index (χ1v) is 7.65. The zero-order chi connectivity index (χ0) is 16.9. The van der Waals surface area contributed by atoms with Crippen molar-refractivity contribution in [2.24, 2.45) is 0 Å². The van der Waals surface area contributed by atoms with Crippen molar-refractivity contribution in [3.8, 4) is 11.8 Å². The first-order chi connectivity index (χ1) is 11.6. The average molecular weight is 325 g/mol. The summed E-state index contributed by atoms with van der Waals surface area (Å²) in [6.45, 7) is 3.37. The lowest BCUT2D eigenvalue weighted by molar-refractivity contribution is -0.384. The third-order valence-corrected chi connectivity index (χ3v) is 3.83. The largest absolute Gasteiger partial charge is 0.368 e. The lowest BCUT2D eigenvalue weighted by atomic mass is 10.1. The third-order valence-electron chi connectivity index (χ3n) is 3.83. The highest BCUT2D eigenvalue weighted by molar-refractivity contribution is 5.65. The van der Waals surface area contributed by atoms with E-state index in [-0.39, 0.29) is 11.5 Å². The molecule has 0 unspecified atom stereocenters. The monoisotopic (exact) mass is 325 g/mol. The molecule has 1 fully saturated rings. The molecule has 0 radical (unpaired) electrons. The van der Waals surface area contributed by atoms with Crippen LogP contribution in [0, 0.1) is 27.8 Å². The first kappa shape index (κ1) is 16.0. The Balaban J connectivity index is 1.98. The number of non-ortho nitro benzene ring substituents is 1. The van der Waals surface area contributed by atoms with E-state index in [4.69, 9.17) is 0 Å². The zero-order valence-electron chi connectivity index (χ0n) is 13.0. The van der Waals surface area contributed by atoms with Crippen LogP contribution < -0.4 is 10.2 Å². The Bertz CT molecular complexity index is 803. The summed E-state index contributed by atoms with van der Waals surface area (Å²) in [7, 11) is 0. The van der Waals surface area contributed by atoms with Crippen molar-refractivity contribution < 1.29 is 9.31 Å². The molecule has 3 rings (SSSR count). The lowest BCUT2D eigenvalue weighted by Crippen LogP contribution is -2.43. The van der Waals surface area contributed by atoms with Crippen molar-refractivity contribution >= 4 is 11.4 Å². The highest BCUT2D eigenvalue weighted by atomic mass is 19.1. The van der Waals surface area contributed by atoms with Gasteiger partial charge in [-0.3, -0.25) is 10.1 Å². The Morgan fingerprint density at radius 2 is 1.79 bits per heavy atom.